The normalized spacial score (nSPS) is 19.0. The van der Waals surface area contributed by atoms with Gasteiger partial charge in [0.2, 0.25) is 5.88 Å². The van der Waals surface area contributed by atoms with Crippen molar-refractivity contribution in [1.82, 2.24) is 24.7 Å². The molecule has 4 rings (SSSR count). The van der Waals surface area contributed by atoms with Crippen LogP contribution in [0.2, 0.25) is 0 Å². The van der Waals surface area contributed by atoms with Crippen LogP contribution in [0.5, 0.6) is 5.88 Å². The summed E-state index contributed by atoms with van der Waals surface area (Å²) >= 11 is 0. The standard InChI is InChI=1S/C18H21N5O2/c1-2-5-15(6-3-1)12-22-9-4-10-24-16(13-22)14-25-18-11-19-21-17-7-8-20-23(17)18/h1-3,5-8,11,16H,4,9-10,12-14H2. The quantitative estimate of drug-likeness (QED) is 0.706. The Morgan fingerprint density at radius 2 is 2.12 bits per heavy atom. The average molecular weight is 339 g/mol. The lowest BCUT2D eigenvalue weighted by Gasteiger charge is -2.23. The Morgan fingerprint density at radius 3 is 3.04 bits per heavy atom. The van der Waals surface area contributed by atoms with E-state index in [1.807, 2.05) is 6.07 Å². The highest BCUT2D eigenvalue weighted by atomic mass is 16.5. The van der Waals surface area contributed by atoms with Gasteiger partial charge in [0.15, 0.2) is 5.65 Å². The predicted molar refractivity (Wildman–Crippen MR) is 92.4 cm³/mol. The molecule has 3 heterocycles. The third-order valence-corrected chi connectivity index (χ3v) is 4.26. The lowest BCUT2D eigenvalue weighted by atomic mass is 10.2. The smallest absolute Gasteiger partial charge is 0.237 e. The molecule has 130 valence electrons. The second-order valence-electron chi connectivity index (χ2n) is 6.16. The van der Waals surface area contributed by atoms with Gasteiger partial charge in [0.25, 0.3) is 0 Å². The van der Waals surface area contributed by atoms with Crippen LogP contribution < -0.4 is 4.74 Å². The summed E-state index contributed by atoms with van der Waals surface area (Å²) in [7, 11) is 0. The van der Waals surface area contributed by atoms with Gasteiger partial charge in [-0.15, -0.1) is 5.10 Å². The van der Waals surface area contributed by atoms with Gasteiger partial charge in [0, 0.05) is 32.3 Å². The molecule has 2 aromatic heterocycles. The van der Waals surface area contributed by atoms with Gasteiger partial charge in [-0.2, -0.15) is 14.7 Å². The number of hydrogen-bond donors (Lipinski definition) is 0. The summed E-state index contributed by atoms with van der Waals surface area (Å²) in [6.07, 6.45) is 4.31. The lowest BCUT2D eigenvalue weighted by molar-refractivity contribution is 0.0183. The van der Waals surface area contributed by atoms with Crippen LogP contribution in [0.25, 0.3) is 5.65 Å². The van der Waals surface area contributed by atoms with Crippen molar-refractivity contribution in [2.45, 2.75) is 19.1 Å². The molecule has 1 aliphatic heterocycles. The summed E-state index contributed by atoms with van der Waals surface area (Å²) in [5.41, 5.74) is 1.99. The Morgan fingerprint density at radius 1 is 1.20 bits per heavy atom. The van der Waals surface area contributed by atoms with Crippen molar-refractivity contribution >= 4 is 5.65 Å². The fourth-order valence-corrected chi connectivity index (χ4v) is 3.07. The van der Waals surface area contributed by atoms with E-state index in [-0.39, 0.29) is 6.10 Å². The van der Waals surface area contributed by atoms with Crippen molar-refractivity contribution in [3.63, 3.8) is 0 Å². The largest absolute Gasteiger partial charge is 0.474 e. The second-order valence-corrected chi connectivity index (χ2v) is 6.16. The fraction of sp³-hybridized carbons (Fsp3) is 0.389. The van der Waals surface area contributed by atoms with Crippen molar-refractivity contribution in [2.75, 3.05) is 26.3 Å². The molecule has 7 nitrogen and oxygen atoms in total. The minimum absolute atomic E-state index is 0.0185. The van der Waals surface area contributed by atoms with Gasteiger partial charge >= 0.3 is 0 Å². The van der Waals surface area contributed by atoms with Gasteiger partial charge in [-0.25, -0.2) is 0 Å². The van der Waals surface area contributed by atoms with Crippen molar-refractivity contribution in [3.05, 3.63) is 54.4 Å². The van der Waals surface area contributed by atoms with E-state index in [9.17, 15) is 0 Å². The van der Waals surface area contributed by atoms with Crippen molar-refractivity contribution < 1.29 is 9.47 Å². The van der Waals surface area contributed by atoms with Crippen LogP contribution in [0.15, 0.2) is 48.8 Å². The summed E-state index contributed by atoms with van der Waals surface area (Å²) < 4.78 is 13.5. The van der Waals surface area contributed by atoms with Crippen LogP contribution >= 0.6 is 0 Å². The number of benzene rings is 1. The molecule has 25 heavy (non-hydrogen) atoms. The van der Waals surface area contributed by atoms with Gasteiger partial charge < -0.3 is 9.47 Å². The van der Waals surface area contributed by atoms with E-state index in [0.29, 0.717) is 18.1 Å². The highest BCUT2D eigenvalue weighted by Crippen LogP contribution is 2.14. The Kier molecular flexibility index (Phi) is 4.85. The van der Waals surface area contributed by atoms with Crippen molar-refractivity contribution in [1.29, 1.82) is 0 Å². The predicted octanol–water partition coefficient (Wildman–Crippen LogP) is 1.79. The molecule has 0 aliphatic carbocycles. The van der Waals surface area contributed by atoms with Gasteiger partial charge in [0.1, 0.15) is 18.9 Å². The zero-order valence-electron chi connectivity index (χ0n) is 14.0. The minimum atomic E-state index is 0.0185. The number of nitrogens with zero attached hydrogens (tertiary/aromatic N) is 5. The molecule has 1 aliphatic rings. The van der Waals surface area contributed by atoms with Crippen LogP contribution in [-0.4, -0.2) is 57.1 Å². The Balaban J connectivity index is 1.38. The van der Waals surface area contributed by atoms with E-state index >= 15 is 0 Å². The first-order chi connectivity index (χ1) is 12.4. The molecule has 1 atom stereocenters. The molecule has 1 aromatic carbocycles. The van der Waals surface area contributed by atoms with Crippen LogP contribution in [0, 0.1) is 0 Å². The molecule has 1 fully saturated rings. The van der Waals surface area contributed by atoms with Gasteiger partial charge in [-0.3, -0.25) is 4.90 Å². The highest BCUT2D eigenvalue weighted by molar-refractivity contribution is 5.36. The third kappa shape index (κ3) is 3.94. The minimum Gasteiger partial charge on any atom is -0.474 e. The summed E-state index contributed by atoms with van der Waals surface area (Å²) in [5, 5.41) is 12.2. The first kappa shape index (κ1) is 16.0. The van der Waals surface area contributed by atoms with E-state index in [0.717, 1.165) is 32.7 Å². The van der Waals surface area contributed by atoms with E-state index in [4.69, 9.17) is 9.47 Å². The highest BCUT2D eigenvalue weighted by Gasteiger charge is 2.20. The molecule has 3 aromatic rings. The number of fused-ring (bicyclic) bond motifs is 1. The molecule has 0 N–H and O–H groups in total. The van der Waals surface area contributed by atoms with E-state index in [2.05, 4.69) is 44.5 Å². The topological polar surface area (TPSA) is 64.8 Å². The molecule has 0 spiro atoms. The number of hydrogen-bond acceptors (Lipinski definition) is 6. The third-order valence-electron chi connectivity index (χ3n) is 4.26. The van der Waals surface area contributed by atoms with Gasteiger partial charge in [-0.05, 0) is 12.0 Å². The maximum Gasteiger partial charge on any atom is 0.237 e. The van der Waals surface area contributed by atoms with Gasteiger partial charge in [-0.1, -0.05) is 30.3 Å². The van der Waals surface area contributed by atoms with E-state index in [1.165, 1.54) is 5.56 Å². The van der Waals surface area contributed by atoms with Crippen LogP contribution in [-0.2, 0) is 11.3 Å². The first-order valence-corrected chi connectivity index (χ1v) is 8.54. The van der Waals surface area contributed by atoms with Crippen molar-refractivity contribution in [3.8, 4) is 5.88 Å². The van der Waals surface area contributed by atoms with Crippen LogP contribution in [0.3, 0.4) is 0 Å². The summed E-state index contributed by atoms with van der Waals surface area (Å²) in [6.45, 7) is 4.03. The molecule has 1 unspecified atom stereocenters. The number of ether oxygens (including phenoxy) is 2. The molecule has 0 amide bonds. The van der Waals surface area contributed by atoms with Crippen LogP contribution in [0.1, 0.15) is 12.0 Å². The summed E-state index contributed by atoms with van der Waals surface area (Å²) in [4.78, 5) is 2.42. The fourth-order valence-electron chi connectivity index (χ4n) is 3.07. The van der Waals surface area contributed by atoms with E-state index in [1.54, 1.807) is 23.0 Å². The number of rotatable bonds is 5. The molecular weight excluding hydrogens is 318 g/mol. The lowest BCUT2D eigenvalue weighted by Crippen LogP contribution is -2.35. The monoisotopic (exact) mass is 339 g/mol. The molecule has 0 saturated carbocycles. The zero-order chi connectivity index (χ0) is 16.9. The zero-order valence-corrected chi connectivity index (χ0v) is 14.0. The average Bonchev–Trinajstić information content (AvgIpc) is 3.02. The molecule has 1 saturated heterocycles. The number of aromatic nitrogens is 4. The Labute approximate surface area is 146 Å². The molecule has 0 radical (unpaired) electrons. The molecule has 0 bridgehead atoms. The van der Waals surface area contributed by atoms with Gasteiger partial charge in [0.05, 0.1) is 6.20 Å². The first-order valence-electron chi connectivity index (χ1n) is 8.54. The molecule has 7 heteroatoms. The Bertz CT molecular complexity index is 807. The maximum absolute atomic E-state index is 5.95. The molecular formula is C18H21N5O2. The Hall–Kier alpha value is -2.51. The summed E-state index contributed by atoms with van der Waals surface area (Å²) in [5.74, 6) is 0.581. The SMILES string of the molecule is c1ccc(CN2CCCOC(COc3cnnc4ccnn34)C2)cc1. The van der Waals surface area contributed by atoms with E-state index < -0.39 is 0 Å². The van der Waals surface area contributed by atoms with Crippen LogP contribution in [0.4, 0.5) is 0 Å². The maximum atomic E-state index is 5.95. The second kappa shape index (κ2) is 7.58. The summed E-state index contributed by atoms with van der Waals surface area (Å²) in [6, 6.07) is 12.3. The van der Waals surface area contributed by atoms with Crippen molar-refractivity contribution in [2.24, 2.45) is 0 Å².